The highest BCUT2D eigenvalue weighted by Gasteiger charge is 2.07. The van der Waals surface area contributed by atoms with Gasteiger partial charge in [-0.25, -0.2) is 0 Å². The molecule has 1 heterocycles. The number of aliphatic imine (C=N–C) groups is 1. The summed E-state index contributed by atoms with van der Waals surface area (Å²) < 4.78 is 11.8. The van der Waals surface area contributed by atoms with Crippen LogP contribution in [-0.2, 0) is 16.6 Å². The Morgan fingerprint density at radius 1 is 1.68 bits per heavy atom. The normalized spacial score (nSPS) is 12.5. The van der Waals surface area contributed by atoms with Crippen LogP contribution in [0.1, 0.15) is 5.69 Å². The van der Waals surface area contributed by atoms with Crippen LogP contribution in [0.4, 0.5) is 0 Å². The third kappa shape index (κ3) is 5.35. The van der Waals surface area contributed by atoms with Crippen LogP contribution in [0.5, 0.6) is 5.75 Å². The molecule has 3 N–H and O–H groups in total. The summed E-state index contributed by atoms with van der Waals surface area (Å²) in [4.78, 5) is 7.76. The van der Waals surface area contributed by atoms with Gasteiger partial charge in [-0.05, 0) is 12.1 Å². The van der Waals surface area contributed by atoms with E-state index in [-0.39, 0.29) is 11.5 Å². The molecule has 0 aliphatic carbocycles. The molecule has 0 fully saturated rings. The third-order valence-corrected chi connectivity index (χ3v) is 3.44. The fourth-order valence-corrected chi connectivity index (χ4v) is 2.28. The molecule has 0 aromatic carbocycles. The first-order valence-corrected chi connectivity index (χ1v) is 6.99. The van der Waals surface area contributed by atoms with Crippen LogP contribution in [0.2, 0.25) is 0 Å². The number of nitrogens with one attached hydrogen (secondary N) is 2. The molecule has 7 nitrogen and oxygen atoms in total. The summed E-state index contributed by atoms with van der Waals surface area (Å²) in [6.45, 7) is 0.404. The zero-order chi connectivity index (χ0) is 14.1. The van der Waals surface area contributed by atoms with Crippen LogP contribution in [0, 0.1) is 11.5 Å². The lowest BCUT2D eigenvalue weighted by Crippen LogP contribution is -2.36. The fraction of sp³-hybridized carbons (Fsp3) is 0.364. The van der Waals surface area contributed by atoms with Crippen molar-refractivity contribution in [2.75, 3.05) is 19.3 Å². The van der Waals surface area contributed by atoms with E-state index in [0.717, 1.165) is 0 Å². The highest BCUT2D eigenvalue weighted by atomic mass is 32.2. The molecule has 1 atom stereocenters. The summed E-state index contributed by atoms with van der Waals surface area (Å²) in [5.41, 5.74) is 0.417. The quantitative estimate of drug-likeness (QED) is 0.295. The first-order valence-electron chi connectivity index (χ1n) is 5.51. The van der Waals surface area contributed by atoms with Crippen LogP contribution >= 0.6 is 0 Å². The van der Waals surface area contributed by atoms with Gasteiger partial charge in [0.1, 0.15) is 5.75 Å². The number of hydrogen-bond donors (Lipinski definition) is 3. The highest BCUT2D eigenvalue weighted by Crippen LogP contribution is 2.14. The number of aromatic nitrogens is 1. The number of aromatic hydroxyl groups is 1. The molecule has 0 amide bonds. The maximum atomic E-state index is 11.8. The number of pyridine rings is 1. The second-order valence-corrected chi connectivity index (χ2v) is 5.07. The minimum atomic E-state index is -1.15. The Balaban J connectivity index is 2.37. The van der Waals surface area contributed by atoms with Gasteiger partial charge in [0.2, 0.25) is 5.96 Å². The molecule has 0 aliphatic rings. The number of guanidine groups is 1. The Morgan fingerprint density at radius 3 is 3.11 bits per heavy atom. The van der Waals surface area contributed by atoms with E-state index >= 15 is 0 Å². The third-order valence-electron chi connectivity index (χ3n) is 2.18. The molecular weight excluding hydrogens is 266 g/mol. The zero-order valence-corrected chi connectivity index (χ0v) is 11.3. The summed E-state index contributed by atoms with van der Waals surface area (Å²) >= 11 is 0. The monoisotopic (exact) mass is 281 g/mol. The van der Waals surface area contributed by atoms with Crippen molar-refractivity contribution in [3.63, 3.8) is 0 Å². The highest BCUT2D eigenvalue weighted by molar-refractivity contribution is 7.84. The van der Waals surface area contributed by atoms with E-state index in [1.807, 2.05) is 0 Å². The average Bonchev–Trinajstić information content (AvgIpc) is 2.40. The molecular formula is C11H15N5O2S. The van der Waals surface area contributed by atoms with Gasteiger partial charge in [-0.15, -0.1) is 0 Å². The molecule has 1 unspecified atom stereocenters. The minimum Gasteiger partial charge on any atom is -0.506 e. The molecule has 0 spiro atoms. The first-order chi connectivity index (χ1) is 9.17. The average molecular weight is 281 g/mol. The lowest BCUT2D eigenvalue weighted by molar-refractivity contribution is 0.466. The summed E-state index contributed by atoms with van der Waals surface area (Å²) in [5, 5.41) is 23.1. The van der Waals surface area contributed by atoms with E-state index in [1.165, 1.54) is 13.1 Å². The molecule has 102 valence electrons. The molecule has 8 heteroatoms. The molecule has 0 radical (unpaired) electrons. The van der Waals surface area contributed by atoms with E-state index < -0.39 is 10.8 Å². The van der Waals surface area contributed by atoms with Crippen molar-refractivity contribution in [1.82, 2.24) is 15.6 Å². The molecule has 0 aliphatic heterocycles. The van der Waals surface area contributed by atoms with Gasteiger partial charge in [-0.3, -0.25) is 19.5 Å². The summed E-state index contributed by atoms with van der Waals surface area (Å²) in [5.74, 6) is 0.937. The predicted octanol–water partition coefficient (Wildman–Crippen LogP) is -0.318. The standard InChI is InChI=1S/C11H15N5O2S/c1-13-11(16-8-12)15-5-6-19(18)7-9-10(17)3-2-4-14-9/h2-4,17H,5-7H2,1H3,(H2,13,15,16). The zero-order valence-electron chi connectivity index (χ0n) is 10.5. The van der Waals surface area contributed by atoms with E-state index in [0.29, 0.717) is 24.0 Å². The second-order valence-electron chi connectivity index (χ2n) is 3.49. The predicted molar refractivity (Wildman–Crippen MR) is 72.7 cm³/mol. The van der Waals surface area contributed by atoms with Crippen LogP contribution in [-0.4, -0.2) is 39.6 Å². The van der Waals surface area contributed by atoms with Crippen molar-refractivity contribution in [3.8, 4) is 11.9 Å². The van der Waals surface area contributed by atoms with Crippen molar-refractivity contribution in [1.29, 1.82) is 5.26 Å². The van der Waals surface area contributed by atoms with Gasteiger partial charge in [0.25, 0.3) is 0 Å². The summed E-state index contributed by atoms with van der Waals surface area (Å²) in [6.07, 6.45) is 3.29. The van der Waals surface area contributed by atoms with Crippen molar-refractivity contribution < 1.29 is 9.32 Å². The van der Waals surface area contributed by atoms with Crippen LogP contribution in [0.15, 0.2) is 23.3 Å². The van der Waals surface area contributed by atoms with Crippen LogP contribution in [0.25, 0.3) is 0 Å². The van der Waals surface area contributed by atoms with Gasteiger partial charge < -0.3 is 10.4 Å². The van der Waals surface area contributed by atoms with E-state index in [9.17, 15) is 9.32 Å². The Hall–Kier alpha value is -2.14. The van der Waals surface area contributed by atoms with E-state index in [1.54, 1.807) is 18.5 Å². The van der Waals surface area contributed by atoms with Crippen molar-refractivity contribution in [3.05, 3.63) is 24.0 Å². The van der Waals surface area contributed by atoms with Gasteiger partial charge in [0.05, 0.1) is 11.4 Å². The smallest absolute Gasteiger partial charge is 0.204 e. The SMILES string of the molecule is CN=C(NC#N)NCCS(=O)Cc1ncccc1O. The van der Waals surface area contributed by atoms with Crippen molar-refractivity contribution in [2.24, 2.45) is 4.99 Å². The summed E-state index contributed by atoms with van der Waals surface area (Å²) in [6, 6.07) is 3.12. The number of nitriles is 1. The van der Waals surface area contributed by atoms with Gasteiger partial charge >= 0.3 is 0 Å². The van der Waals surface area contributed by atoms with Gasteiger partial charge in [0, 0.05) is 36.3 Å². The Bertz CT molecular complexity index is 512. The molecule has 1 aromatic rings. The lowest BCUT2D eigenvalue weighted by atomic mass is 10.3. The summed E-state index contributed by atoms with van der Waals surface area (Å²) in [7, 11) is 0.383. The number of nitrogens with zero attached hydrogens (tertiary/aromatic N) is 3. The molecule has 19 heavy (non-hydrogen) atoms. The molecule has 1 aromatic heterocycles. The maximum Gasteiger partial charge on any atom is 0.204 e. The van der Waals surface area contributed by atoms with Crippen molar-refractivity contribution >= 4 is 16.8 Å². The Kier molecular flexibility index (Phi) is 6.32. The number of rotatable bonds is 5. The first kappa shape index (κ1) is 14.9. The van der Waals surface area contributed by atoms with Crippen LogP contribution < -0.4 is 10.6 Å². The van der Waals surface area contributed by atoms with Crippen LogP contribution in [0.3, 0.4) is 0 Å². The van der Waals surface area contributed by atoms with Gasteiger partial charge in [-0.1, -0.05) is 0 Å². The maximum absolute atomic E-state index is 11.8. The Morgan fingerprint density at radius 2 is 2.47 bits per heavy atom. The largest absolute Gasteiger partial charge is 0.506 e. The molecule has 1 rings (SSSR count). The van der Waals surface area contributed by atoms with Gasteiger partial charge in [-0.2, -0.15) is 5.26 Å². The Labute approximate surface area is 113 Å². The second kappa shape index (κ2) is 8.05. The molecule has 0 bridgehead atoms. The molecule has 0 saturated carbocycles. The van der Waals surface area contributed by atoms with Crippen molar-refractivity contribution in [2.45, 2.75) is 5.75 Å². The minimum absolute atomic E-state index is 0.0470. The topological polar surface area (TPSA) is 110 Å². The van der Waals surface area contributed by atoms with E-state index in [4.69, 9.17) is 5.26 Å². The fourth-order valence-electron chi connectivity index (χ4n) is 1.28. The van der Waals surface area contributed by atoms with Gasteiger partial charge in [0.15, 0.2) is 6.19 Å². The van der Waals surface area contributed by atoms with E-state index in [2.05, 4.69) is 20.6 Å². The molecule has 0 saturated heterocycles. The number of hydrogen-bond acceptors (Lipinski definition) is 5. The lowest BCUT2D eigenvalue weighted by Gasteiger charge is -2.07.